The van der Waals surface area contributed by atoms with E-state index in [0.29, 0.717) is 11.7 Å². The van der Waals surface area contributed by atoms with Crippen molar-refractivity contribution in [1.82, 2.24) is 4.98 Å². The van der Waals surface area contributed by atoms with E-state index in [-0.39, 0.29) is 12.0 Å². The Morgan fingerprint density at radius 1 is 1.50 bits per heavy atom. The molecule has 0 saturated carbocycles. The Kier molecular flexibility index (Phi) is 3.72. The molecule has 0 fully saturated rings. The zero-order valence-corrected chi connectivity index (χ0v) is 9.17. The Morgan fingerprint density at radius 2 is 2.21 bits per heavy atom. The van der Waals surface area contributed by atoms with Gasteiger partial charge < -0.3 is 10.4 Å². The molecule has 0 bridgehead atoms. The summed E-state index contributed by atoms with van der Waals surface area (Å²) in [6.45, 7) is 4.83. The normalized spacial score (nSPS) is 11.4. The van der Waals surface area contributed by atoms with Gasteiger partial charge in [-0.3, -0.25) is 0 Å². The van der Waals surface area contributed by atoms with Crippen LogP contribution in [-0.2, 0) is 0 Å². The maximum absolute atomic E-state index is 9.04. The molecular weight excluding hydrogens is 200 g/mol. The molecule has 0 aromatic carbocycles. The molecule has 0 atom stereocenters. The number of nitrogens with one attached hydrogen (secondary N) is 1. The molecule has 1 heterocycles. The molecule has 0 saturated heterocycles. The molecule has 0 aliphatic heterocycles. The molecule has 1 aromatic heterocycles. The monoisotopic (exact) mass is 214 g/mol. The minimum atomic E-state index is -0.125. The number of aliphatic hydroxyl groups is 1. The summed E-state index contributed by atoms with van der Waals surface area (Å²) in [6, 6.07) is 3.60. The quantitative estimate of drug-likeness (QED) is 0.756. The number of pyridine rings is 1. The number of hydrogen-bond acceptors (Lipinski definition) is 3. The van der Waals surface area contributed by atoms with Gasteiger partial charge in [-0.2, -0.15) is 0 Å². The minimum Gasteiger partial charge on any atom is -0.396 e. The van der Waals surface area contributed by atoms with Crippen molar-refractivity contribution in [2.45, 2.75) is 13.8 Å². The first kappa shape index (κ1) is 11.3. The lowest BCUT2D eigenvalue weighted by atomic mass is 9.95. The molecule has 1 rings (SSSR count). The van der Waals surface area contributed by atoms with Crippen molar-refractivity contribution in [2.24, 2.45) is 5.41 Å². The van der Waals surface area contributed by atoms with E-state index < -0.39 is 0 Å². The third-order valence-corrected chi connectivity index (χ3v) is 2.15. The van der Waals surface area contributed by atoms with Crippen LogP contribution < -0.4 is 5.32 Å². The molecule has 1 aromatic rings. The largest absolute Gasteiger partial charge is 0.396 e. The van der Waals surface area contributed by atoms with Crippen LogP contribution in [0.25, 0.3) is 0 Å². The van der Waals surface area contributed by atoms with Crippen molar-refractivity contribution in [3.05, 3.63) is 23.5 Å². The molecule has 0 aliphatic carbocycles. The third kappa shape index (κ3) is 3.52. The number of anilines is 1. The highest BCUT2D eigenvalue weighted by molar-refractivity contribution is 6.29. The summed E-state index contributed by atoms with van der Waals surface area (Å²) in [5.74, 6) is 0. The van der Waals surface area contributed by atoms with Gasteiger partial charge in [0.1, 0.15) is 5.15 Å². The lowest BCUT2D eigenvalue weighted by molar-refractivity contribution is 0.171. The number of halogens is 1. The fraction of sp³-hybridized carbons (Fsp3) is 0.500. The van der Waals surface area contributed by atoms with E-state index >= 15 is 0 Å². The predicted molar refractivity (Wildman–Crippen MR) is 58.6 cm³/mol. The van der Waals surface area contributed by atoms with Gasteiger partial charge in [-0.1, -0.05) is 25.4 Å². The van der Waals surface area contributed by atoms with E-state index in [4.69, 9.17) is 16.7 Å². The van der Waals surface area contributed by atoms with E-state index in [1.54, 1.807) is 12.3 Å². The molecule has 0 amide bonds. The van der Waals surface area contributed by atoms with Gasteiger partial charge >= 0.3 is 0 Å². The van der Waals surface area contributed by atoms with Crippen LogP contribution in [0.15, 0.2) is 18.3 Å². The average molecular weight is 215 g/mol. The van der Waals surface area contributed by atoms with Crippen molar-refractivity contribution >= 4 is 17.3 Å². The van der Waals surface area contributed by atoms with Crippen molar-refractivity contribution in [1.29, 1.82) is 0 Å². The van der Waals surface area contributed by atoms with Crippen LogP contribution >= 0.6 is 11.6 Å². The van der Waals surface area contributed by atoms with Crippen molar-refractivity contribution < 1.29 is 5.11 Å². The fourth-order valence-electron chi connectivity index (χ4n) is 0.878. The summed E-state index contributed by atoms with van der Waals surface area (Å²) < 4.78 is 0. The first-order valence-electron chi connectivity index (χ1n) is 4.50. The van der Waals surface area contributed by atoms with Crippen LogP contribution in [0.5, 0.6) is 0 Å². The van der Waals surface area contributed by atoms with Gasteiger partial charge in [0.25, 0.3) is 0 Å². The fourth-order valence-corrected chi connectivity index (χ4v) is 0.989. The van der Waals surface area contributed by atoms with Gasteiger partial charge in [-0.25, -0.2) is 4.98 Å². The molecule has 0 aliphatic rings. The van der Waals surface area contributed by atoms with E-state index in [2.05, 4.69) is 10.3 Å². The second-order valence-corrected chi connectivity index (χ2v) is 4.43. The predicted octanol–water partition coefficient (Wildman–Crippen LogP) is 2.17. The molecule has 4 heteroatoms. The van der Waals surface area contributed by atoms with E-state index in [1.165, 1.54) is 0 Å². The van der Waals surface area contributed by atoms with Crippen molar-refractivity contribution in [3.8, 4) is 0 Å². The zero-order valence-electron chi connectivity index (χ0n) is 8.42. The highest BCUT2D eigenvalue weighted by atomic mass is 35.5. The molecule has 0 radical (unpaired) electrons. The smallest absolute Gasteiger partial charge is 0.129 e. The van der Waals surface area contributed by atoms with Crippen LogP contribution in [-0.4, -0.2) is 23.2 Å². The van der Waals surface area contributed by atoms with Crippen LogP contribution in [0.2, 0.25) is 5.15 Å². The summed E-state index contributed by atoms with van der Waals surface area (Å²) >= 11 is 5.65. The Labute approximate surface area is 89.1 Å². The van der Waals surface area contributed by atoms with Gasteiger partial charge in [0.15, 0.2) is 0 Å². The third-order valence-electron chi connectivity index (χ3n) is 1.93. The number of aromatic nitrogens is 1. The molecular formula is C10H15ClN2O. The summed E-state index contributed by atoms with van der Waals surface area (Å²) in [6.07, 6.45) is 1.68. The van der Waals surface area contributed by atoms with Gasteiger partial charge in [0.2, 0.25) is 0 Å². The van der Waals surface area contributed by atoms with E-state index in [0.717, 1.165) is 5.69 Å². The van der Waals surface area contributed by atoms with Gasteiger partial charge in [-0.05, 0) is 12.1 Å². The highest BCUT2D eigenvalue weighted by Gasteiger charge is 2.15. The number of aliphatic hydroxyl groups excluding tert-OH is 1. The standard InChI is InChI=1S/C10H15ClN2O/c1-10(2,7-14)6-13-8-3-4-9(11)12-5-8/h3-5,13-14H,6-7H2,1-2H3. The maximum atomic E-state index is 9.04. The molecule has 14 heavy (non-hydrogen) atoms. The summed E-state index contributed by atoms with van der Waals surface area (Å²) in [7, 11) is 0. The molecule has 3 nitrogen and oxygen atoms in total. The lowest BCUT2D eigenvalue weighted by Gasteiger charge is -2.22. The Hall–Kier alpha value is -0.800. The highest BCUT2D eigenvalue weighted by Crippen LogP contribution is 2.16. The Morgan fingerprint density at radius 3 is 2.71 bits per heavy atom. The van der Waals surface area contributed by atoms with Crippen LogP contribution in [0.4, 0.5) is 5.69 Å². The van der Waals surface area contributed by atoms with Gasteiger partial charge in [0.05, 0.1) is 11.9 Å². The van der Waals surface area contributed by atoms with Gasteiger partial charge in [-0.15, -0.1) is 0 Å². The molecule has 0 unspecified atom stereocenters. The summed E-state index contributed by atoms with van der Waals surface area (Å²) in [5, 5.41) is 12.7. The second kappa shape index (κ2) is 4.62. The van der Waals surface area contributed by atoms with Crippen molar-refractivity contribution in [3.63, 3.8) is 0 Å². The minimum absolute atomic E-state index is 0.125. The molecule has 0 spiro atoms. The number of rotatable bonds is 4. The van der Waals surface area contributed by atoms with Crippen molar-refractivity contribution in [2.75, 3.05) is 18.5 Å². The van der Waals surface area contributed by atoms with Crippen LogP contribution in [0.1, 0.15) is 13.8 Å². The second-order valence-electron chi connectivity index (χ2n) is 4.05. The Balaban J connectivity index is 2.50. The number of hydrogen-bond donors (Lipinski definition) is 2. The van der Waals surface area contributed by atoms with Gasteiger partial charge in [0, 0.05) is 18.6 Å². The average Bonchev–Trinajstić information content (AvgIpc) is 2.17. The SMILES string of the molecule is CC(C)(CO)CNc1ccc(Cl)nc1. The maximum Gasteiger partial charge on any atom is 0.129 e. The molecule has 2 N–H and O–H groups in total. The summed E-state index contributed by atoms with van der Waals surface area (Å²) in [4.78, 5) is 3.95. The Bertz CT molecular complexity index is 285. The number of nitrogens with zero attached hydrogens (tertiary/aromatic N) is 1. The van der Waals surface area contributed by atoms with E-state index in [9.17, 15) is 0 Å². The lowest BCUT2D eigenvalue weighted by Crippen LogP contribution is -2.26. The first-order valence-corrected chi connectivity index (χ1v) is 4.87. The topological polar surface area (TPSA) is 45.1 Å². The van der Waals surface area contributed by atoms with Crippen LogP contribution in [0.3, 0.4) is 0 Å². The molecule has 78 valence electrons. The first-order chi connectivity index (χ1) is 6.53. The zero-order chi connectivity index (χ0) is 10.6. The summed E-state index contributed by atoms with van der Waals surface area (Å²) in [5.41, 5.74) is 0.788. The van der Waals surface area contributed by atoms with E-state index in [1.807, 2.05) is 19.9 Å². The van der Waals surface area contributed by atoms with Crippen LogP contribution in [0, 0.1) is 5.41 Å².